The number of fused-ring (bicyclic) bond motifs is 1. The quantitative estimate of drug-likeness (QED) is 0.391. The molecule has 0 fully saturated rings. The molecule has 0 spiro atoms. The van der Waals surface area contributed by atoms with Gasteiger partial charge in [0.05, 0.1) is 0 Å². The highest BCUT2D eigenvalue weighted by Crippen LogP contribution is 2.24. The van der Waals surface area contributed by atoms with Gasteiger partial charge in [-0.1, -0.05) is 36.4 Å². The molecule has 0 saturated heterocycles. The fourth-order valence-electron chi connectivity index (χ4n) is 3.21. The fraction of sp³-hybridized carbons (Fsp3) is 0.130. The third-order valence-corrected chi connectivity index (χ3v) is 5.61. The number of carbonyl (C=O) groups is 1. The number of anilines is 2. The van der Waals surface area contributed by atoms with Crippen LogP contribution in [0.1, 0.15) is 16.1 Å². The minimum atomic E-state index is -0.290. The lowest BCUT2D eigenvalue weighted by Gasteiger charge is -2.21. The molecule has 1 heterocycles. The Morgan fingerprint density at radius 2 is 1.83 bits per heavy atom. The summed E-state index contributed by atoms with van der Waals surface area (Å²) < 4.78 is 0. The van der Waals surface area contributed by atoms with Gasteiger partial charge in [-0.25, -0.2) is 4.98 Å². The van der Waals surface area contributed by atoms with Crippen LogP contribution in [-0.4, -0.2) is 29.1 Å². The normalized spacial score (nSPS) is 10.8. The molecule has 0 unspecified atom stereocenters. The number of rotatable bonds is 7. The van der Waals surface area contributed by atoms with E-state index in [1.807, 2.05) is 12.1 Å². The molecule has 0 radical (unpaired) electrons. The van der Waals surface area contributed by atoms with Crippen LogP contribution in [0.2, 0.25) is 0 Å². The molecule has 6 nitrogen and oxygen atoms in total. The minimum absolute atomic E-state index is 0.148. The SMILES string of the molecule is NCCN(Cc1ccc2ccccc2c1)c1nc(C(=O)Nc2ccc(O)cc2)cs1. The van der Waals surface area contributed by atoms with E-state index in [1.54, 1.807) is 17.5 Å². The number of aromatic nitrogens is 1. The highest BCUT2D eigenvalue weighted by atomic mass is 32.1. The average molecular weight is 419 g/mol. The molecule has 0 aliphatic carbocycles. The summed E-state index contributed by atoms with van der Waals surface area (Å²) in [7, 11) is 0. The molecule has 3 aromatic carbocycles. The summed E-state index contributed by atoms with van der Waals surface area (Å²) in [5.74, 6) is -0.142. The Kier molecular flexibility index (Phi) is 5.92. The van der Waals surface area contributed by atoms with Crippen molar-refractivity contribution in [2.45, 2.75) is 6.54 Å². The second kappa shape index (κ2) is 8.94. The van der Waals surface area contributed by atoms with Crippen LogP contribution in [0.5, 0.6) is 5.75 Å². The van der Waals surface area contributed by atoms with Crippen molar-refractivity contribution in [1.29, 1.82) is 0 Å². The highest BCUT2D eigenvalue weighted by Gasteiger charge is 2.16. The van der Waals surface area contributed by atoms with Gasteiger partial charge in [-0.15, -0.1) is 11.3 Å². The van der Waals surface area contributed by atoms with E-state index in [2.05, 4.69) is 45.5 Å². The van der Waals surface area contributed by atoms with Crippen molar-refractivity contribution in [3.63, 3.8) is 0 Å². The van der Waals surface area contributed by atoms with Crippen molar-refractivity contribution in [2.24, 2.45) is 5.73 Å². The Bertz CT molecular complexity index is 1160. The molecular formula is C23H22N4O2S. The summed E-state index contributed by atoms with van der Waals surface area (Å²) in [6.45, 7) is 1.79. The van der Waals surface area contributed by atoms with E-state index in [0.717, 1.165) is 10.7 Å². The molecule has 0 atom stereocenters. The van der Waals surface area contributed by atoms with Crippen molar-refractivity contribution in [3.8, 4) is 5.75 Å². The van der Waals surface area contributed by atoms with Crippen molar-refractivity contribution in [3.05, 3.63) is 83.4 Å². The van der Waals surface area contributed by atoms with Crippen LogP contribution in [0.25, 0.3) is 10.8 Å². The van der Waals surface area contributed by atoms with E-state index in [-0.39, 0.29) is 11.7 Å². The molecule has 4 rings (SSSR count). The number of nitrogens with zero attached hydrogens (tertiary/aromatic N) is 2. The van der Waals surface area contributed by atoms with Gasteiger partial charge in [0.2, 0.25) is 0 Å². The maximum atomic E-state index is 12.5. The number of carbonyl (C=O) groups excluding carboxylic acids is 1. The van der Waals surface area contributed by atoms with Gasteiger partial charge in [-0.3, -0.25) is 4.79 Å². The number of phenols is 1. The van der Waals surface area contributed by atoms with E-state index < -0.39 is 0 Å². The molecule has 4 aromatic rings. The first kappa shape index (κ1) is 19.9. The summed E-state index contributed by atoms with van der Waals surface area (Å²) in [5, 5.41) is 17.0. The van der Waals surface area contributed by atoms with E-state index in [0.29, 0.717) is 31.0 Å². The molecular weight excluding hydrogens is 396 g/mol. The maximum Gasteiger partial charge on any atom is 0.275 e. The maximum absolute atomic E-state index is 12.5. The molecule has 0 aliphatic rings. The zero-order chi connectivity index (χ0) is 20.9. The van der Waals surface area contributed by atoms with Crippen LogP contribution in [0, 0.1) is 0 Å². The lowest BCUT2D eigenvalue weighted by atomic mass is 10.1. The largest absolute Gasteiger partial charge is 0.508 e. The fourth-order valence-corrected chi connectivity index (χ4v) is 4.04. The average Bonchev–Trinajstić information content (AvgIpc) is 3.25. The van der Waals surface area contributed by atoms with Gasteiger partial charge in [-0.2, -0.15) is 0 Å². The number of benzene rings is 3. The molecule has 4 N–H and O–H groups in total. The smallest absolute Gasteiger partial charge is 0.275 e. The van der Waals surface area contributed by atoms with Gasteiger partial charge < -0.3 is 21.1 Å². The lowest BCUT2D eigenvalue weighted by molar-refractivity contribution is 0.102. The van der Waals surface area contributed by atoms with Crippen LogP contribution >= 0.6 is 11.3 Å². The van der Waals surface area contributed by atoms with Crippen molar-refractivity contribution < 1.29 is 9.90 Å². The summed E-state index contributed by atoms with van der Waals surface area (Å²) in [6, 6.07) is 21.0. The third kappa shape index (κ3) is 4.59. The van der Waals surface area contributed by atoms with Gasteiger partial charge in [-0.05, 0) is 46.7 Å². The zero-order valence-electron chi connectivity index (χ0n) is 16.3. The molecule has 0 aliphatic heterocycles. The summed E-state index contributed by atoms with van der Waals surface area (Å²) in [4.78, 5) is 19.1. The Hall–Kier alpha value is -3.42. The Morgan fingerprint density at radius 1 is 1.07 bits per heavy atom. The minimum Gasteiger partial charge on any atom is -0.508 e. The van der Waals surface area contributed by atoms with E-state index in [9.17, 15) is 9.90 Å². The summed E-state index contributed by atoms with van der Waals surface area (Å²) in [5.41, 5.74) is 7.94. The molecule has 7 heteroatoms. The van der Waals surface area contributed by atoms with E-state index in [4.69, 9.17) is 5.73 Å². The summed E-state index contributed by atoms with van der Waals surface area (Å²) >= 11 is 1.42. The number of hydrogen-bond donors (Lipinski definition) is 3. The summed E-state index contributed by atoms with van der Waals surface area (Å²) in [6.07, 6.45) is 0. The monoisotopic (exact) mass is 418 g/mol. The zero-order valence-corrected chi connectivity index (χ0v) is 17.1. The second-order valence-electron chi connectivity index (χ2n) is 6.91. The van der Waals surface area contributed by atoms with E-state index in [1.165, 1.54) is 34.2 Å². The van der Waals surface area contributed by atoms with Gasteiger partial charge in [0, 0.05) is 30.7 Å². The number of amides is 1. The van der Waals surface area contributed by atoms with Crippen LogP contribution < -0.4 is 16.0 Å². The van der Waals surface area contributed by atoms with Crippen molar-refractivity contribution in [1.82, 2.24) is 4.98 Å². The van der Waals surface area contributed by atoms with Crippen LogP contribution in [0.3, 0.4) is 0 Å². The Balaban J connectivity index is 1.50. The number of nitrogens with one attached hydrogen (secondary N) is 1. The number of thiazole rings is 1. The van der Waals surface area contributed by atoms with Gasteiger partial charge in [0.1, 0.15) is 11.4 Å². The molecule has 1 amide bonds. The number of phenolic OH excluding ortho intramolecular Hbond substituents is 1. The van der Waals surface area contributed by atoms with Crippen molar-refractivity contribution in [2.75, 3.05) is 23.3 Å². The Labute approximate surface area is 178 Å². The van der Waals surface area contributed by atoms with Crippen LogP contribution in [0.15, 0.2) is 72.1 Å². The first-order chi connectivity index (χ1) is 14.6. The second-order valence-corrected chi connectivity index (χ2v) is 7.74. The topological polar surface area (TPSA) is 91.5 Å². The van der Waals surface area contributed by atoms with Crippen LogP contribution in [0.4, 0.5) is 10.8 Å². The third-order valence-electron chi connectivity index (χ3n) is 4.71. The number of hydrogen-bond acceptors (Lipinski definition) is 6. The Morgan fingerprint density at radius 3 is 2.60 bits per heavy atom. The molecule has 0 bridgehead atoms. The standard InChI is InChI=1S/C23H22N4O2S/c24-11-12-27(14-16-5-6-17-3-1-2-4-18(17)13-16)23-26-21(15-30-23)22(29)25-19-7-9-20(28)10-8-19/h1-10,13,15,28H,11-12,14,24H2,(H,25,29). The molecule has 152 valence electrons. The predicted molar refractivity (Wildman–Crippen MR) is 122 cm³/mol. The molecule has 1 aromatic heterocycles. The van der Waals surface area contributed by atoms with E-state index >= 15 is 0 Å². The first-order valence-electron chi connectivity index (χ1n) is 9.61. The number of nitrogens with two attached hydrogens (primary N) is 1. The molecule has 30 heavy (non-hydrogen) atoms. The predicted octanol–water partition coefficient (Wildman–Crippen LogP) is 4.22. The van der Waals surface area contributed by atoms with Crippen LogP contribution in [-0.2, 0) is 6.54 Å². The van der Waals surface area contributed by atoms with Gasteiger partial charge in [0.25, 0.3) is 5.91 Å². The number of aromatic hydroxyl groups is 1. The lowest BCUT2D eigenvalue weighted by Crippen LogP contribution is -2.29. The van der Waals surface area contributed by atoms with Crippen molar-refractivity contribution >= 4 is 38.8 Å². The first-order valence-corrected chi connectivity index (χ1v) is 10.5. The van der Waals surface area contributed by atoms with Gasteiger partial charge >= 0.3 is 0 Å². The molecule has 0 saturated carbocycles. The van der Waals surface area contributed by atoms with Gasteiger partial charge in [0.15, 0.2) is 5.13 Å². The highest BCUT2D eigenvalue weighted by molar-refractivity contribution is 7.13.